The molecular formula is C22H15FN2O2. The summed E-state index contributed by atoms with van der Waals surface area (Å²) in [5.41, 5.74) is 0.981. The predicted molar refractivity (Wildman–Crippen MR) is 102 cm³/mol. The Balaban J connectivity index is 1.77. The summed E-state index contributed by atoms with van der Waals surface area (Å²) in [7, 11) is 0. The first-order valence-electron chi connectivity index (χ1n) is 8.16. The number of benzene rings is 3. The first-order chi connectivity index (χ1) is 13.1. The van der Waals surface area contributed by atoms with Crippen molar-refractivity contribution in [1.29, 1.82) is 5.26 Å². The van der Waals surface area contributed by atoms with Crippen molar-refractivity contribution in [1.82, 2.24) is 0 Å². The van der Waals surface area contributed by atoms with Gasteiger partial charge in [0, 0.05) is 5.69 Å². The fraction of sp³-hybridized carbons (Fsp3) is 0. The number of ether oxygens (including phenoxy) is 1. The molecule has 1 N–H and O–H groups in total. The molecule has 0 saturated carbocycles. The molecule has 3 rings (SSSR count). The molecule has 0 spiro atoms. The fourth-order valence-corrected chi connectivity index (χ4v) is 2.34. The van der Waals surface area contributed by atoms with Crippen molar-refractivity contribution >= 4 is 17.7 Å². The van der Waals surface area contributed by atoms with Crippen molar-refractivity contribution < 1.29 is 13.9 Å². The highest BCUT2D eigenvalue weighted by molar-refractivity contribution is 6.09. The molecule has 3 aromatic carbocycles. The Hall–Kier alpha value is -3.91. The van der Waals surface area contributed by atoms with Gasteiger partial charge in [0.15, 0.2) is 0 Å². The van der Waals surface area contributed by atoms with Crippen LogP contribution in [0.1, 0.15) is 5.56 Å². The number of nitrogens with one attached hydrogen (secondary N) is 1. The maximum absolute atomic E-state index is 12.9. The van der Waals surface area contributed by atoms with Crippen LogP contribution in [0.25, 0.3) is 6.08 Å². The van der Waals surface area contributed by atoms with Gasteiger partial charge in [-0.3, -0.25) is 4.79 Å². The molecular weight excluding hydrogens is 343 g/mol. The fourth-order valence-electron chi connectivity index (χ4n) is 2.34. The molecule has 0 atom stereocenters. The van der Waals surface area contributed by atoms with Gasteiger partial charge in [-0.2, -0.15) is 5.26 Å². The molecule has 27 heavy (non-hydrogen) atoms. The number of nitriles is 1. The summed E-state index contributed by atoms with van der Waals surface area (Å²) in [6.07, 6.45) is 1.47. The summed E-state index contributed by atoms with van der Waals surface area (Å²) in [4.78, 5) is 12.3. The second kappa shape index (κ2) is 8.45. The van der Waals surface area contributed by atoms with E-state index in [4.69, 9.17) is 4.74 Å². The molecule has 0 heterocycles. The van der Waals surface area contributed by atoms with Crippen LogP contribution in [0.5, 0.6) is 11.5 Å². The summed E-state index contributed by atoms with van der Waals surface area (Å²) < 4.78 is 18.7. The van der Waals surface area contributed by atoms with Crippen LogP contribution in [0.4, 0.5) is 10.1 Å². The van der Waals surface area contributed by atoms with Gasteiger partial charge in [0.1, 0.15) is 29.0 Å². The number of carbonyl (C=O) groups excluding carboxylic acids is 1. The van der Waals surface area contributed by atoms with Crippen LogP contribution in [0.3, 0.4) is 0 Å². The van der Waals surface area contributed by atoms with E-state index < -0.39 is 11.7 Å². The normalized spacial score (nSPS) is 10.7. The molecule has 0 unspecified atom stereocenters. The van der Waals surface area contributed by atoms with Gasteiger partial charge < -0.3 is 10.1 Å². The van der Waals surface area contributed by atoms with Crippen molar-refractivity contribution in [3.05, 3.63) is 95.8 Å². The summed E-state index contributed by atoms with van der Waals surface area (Å²) >= 11 is 0. The van der Waals surface area contributed by atoms with Crippen molar-refractivity contribution in [3.8, 4) is 17.6 Å². The maximum Gasteiger partial charge on any atom is 0.266 e. The number of halogens is 1. The summed E-state index contributed by atoms with van der Waals surface area (Å²) in [5, 5.41) is 11.9. The van der Waals surface area contributed by atoms with Gasteiger partial charge in [0.2, 0.25) is 0 Å². The Bertz CT molecular complexity index is 1010. The first-order valence-corrected chi connectivity index (χ1v) is 8.16. The van der Waals surface area contributed by atoms with Gasteiger partial charge in [-0.05, 0) is 60.2 Å². The summed E-state index contributed by atoms with van der Waals surface area (Å²) in [6.45, 7) is 0. The lowest BCUT2D eigenvalue weighted by molar-refractivity contribution is -0.112. The number of carbonyl (C=O) groups is 1. The molecule has 1 amide bonds. The zero-order valence-corrected chi connectivity index (χ0v) is 14.2. The zero-order valence-electron chi connectivity index (χ0n) is 14.2. The van der Waals surface area contributed by atoms with E-state index in [0.29, 0.717) is 22.7 Å². The number of rotatable bonds is 5. The third-order valence-electron chi connectivity index (χ3n) is 3.62. The van der Waals surface area contributed by atoms with Gasteiger partial charge >= 0.3 is 0 Å². The average Bonchev–Trinajstić information content (AvgIpc) is 2.69. The van der Waals surface area contributed by atoms with Crippen molar-refractivity contribution in [2.24, 2.45) is 0 Å². The van der Waals surface area contributed by atoms with E-state index in [1.165, 1.54) is 30.3 Å². The van der Waals surface area contributed by atoms with Crippen molar-refractivity contribution in [3.63, 3.8) is 0 Å². The molecule has 132 valence electrons. The number of anilines is 1. The standard InChI is InChI=1S/C22H15FN2O2/c23-18-9-11-19(12-10-18)25-22(26)17(15-24)13-16-5-4-8-21(14-16)27-20-6-2-1-3-7-20/h1-14H,(H,25,26)/b17-13+. The Morgan fingerprint density at radius 1 is 0.963 bits per heavy atom. The van der Waals surface area contributed by atoms with Gasteiger partial charge in [0.25, 0.3) is 5.91 Å². The number of hydrogen-bond donors (Lipinski definition) is 1. The van der Waals surface area contributed by atoms with E-state index in [-0.39, 0.29) is 5.57 Å². The summed E-state index contributed by atoms with van der Waals surface area (Å²) in [5.74, 6) is 0.303. The van der Waals surface area contributed by atoms with Crippen LogP contribution in [-0.4, -0.2) is 5.91 Å². The van der Waals surface area contributed by atoms with Crippen LogP contribution < -0.4 is 10.1 Å². The Morgan fingerprint density at radius 2 is 1.67 bits per heavy atom. The quantitative estimate of drug-likeness (QED) is 0.506. The van der Waals surface area contributed by atoms with Crippen molar-refractivity contribution in [2.75, 3.05) is 5.32 Å². The van der Waals surface area contributed by atoms with E-state index in [1.807, 2.05) is 36.4 Å². The molecule has 0 radical (unpaired) electrons. The third-order valence-corrected chi connectivity index (χ3v) is 3.62. The van der Waals surface area contributed by atoms with Crippen molar-refractivity contribution in [2.45, 2.75) is 0 Å². The monoisotopic (exact) mass is 358 g/mol. The molecule has 0 fully saturated rings. The van der Waals surface area contributed by atoms with Crippen LogP contribution in [0.2, 0.25) is 0 Å². The Labute approximate surface area is 156 Å². The smallest absolute Gasteiger partial charge is 0.266 e. The second-order valence-corrected chi connectivity index (χ2v) is 5.62. The molecule has 3 aromatic rings. The first kappa shape index (κ1) is 17.9. The van der Waals surface area contributed by atoms with E-state index in [2.05, 4.69) is 5.32 Å². The number of nitrogens with zero attached hydrogens (tertiary/aromatic N) is 1. The Morgan fingerprint density at radius 3 is 2.37 bits per heavy atom. The molecule has 4 nitrogen and oxygen atoms in total. The minimum atomic E-state index is -0.571. The molecule has 0 aliphatic carbocycles. The van der Waals surface area contributed by atoms with E-state index >= 15 is 0 Å². The Kier molecular flexibility index (Phi) is 5.60. The van der Waals surface area contributed by atoms with E-state index in [1.54, 1.807) is 24.3 Å². The molecule has 0 saturated heterocycles. The van der Waals surface area contributed by atoms with Gasteiger partial charge in [0.05, 0.1) is 0 Å². The SMILES string of the molecule is N#C/C(=C\c1cccc(Oc2ccccc2)c1)C(=O)Nc1ccc(F)cc1. The predicted octanol–water partition coefficient (Wildman–Crippen LogP) is 5.16. The van der Waals surface area contributed by atoms with E-state index in [9.17, 15) is 14.4 Å². The minimum Gasteiger partial charge on any atom is -0.457 e. The van der Waals surface area contributed by atoms with Crippen LogP contribution >= 0.6 is 0 Å². The molecule has 0 bridgehead atoms. The number of amides is 1. The van der Waals surface area contributed by atoms with Crippen LogP contribution in [0.15, 0.2) is 84.4 Å². The average molecular weight is 358 g/mol. The van der Waals surface area contributed by atoms with Crippen LogP contribution in [0, 0.1) is 17.1 Å². The highest BCUT2D eigenvalue weighted by Gasteiger charge is 2.10. The van der Waals surface area contributed by atoms with E-state index in [0.717, 1.165) is 0 Å². The van der Waals surface area contributed by atoms with Gasteiger partial charge in [-0.25, -0.2) is 4.39 Å². The maximum atomic E-state index is 12.9. The largest absolute Gasteiger partial charge is 0.457 e. The highest BCUT2D eigenvalue weighted by atomic mass is 19.1. The highest BCUT2D eigenvalue weighted by Crippen LogP contribution is 2.23. The molecule has 5 heteroatoms. The molecule has 0 aliphatic rings. The lowest BCUT2D eigenvalue weighted by atomic mass is 10.1. The third kappa shape index (κ3) is 5.03. The van der Waals surface area contributed by atoms with Crippen LogP contribution in [-0.2, 0) is 4.79 Å². The minimum absolute atomic E-state index is 0.0730. The molecule has 0 aliphatic heterocycles. The molecule has 0 aromatic heterocycles. The van der Waals surface area contributed by atoms with Gasteiger partial charge in [-0.15, -0.1) is 0 Å². The topological polar surface area (TPSA) is 62.1 Å². The lowest BCUT2D eigenvalue weighted by Crippen LogP contribution is -2.13. The number of hydrogen-bond acceptors (Lipinski definition) is 3. The lowest BCUT2D eigenvalue weighted by Gasteiger charge is -2.07. The number of para-hydroxylation sites is 1. The second-order valence-electron chi connectivity index (χ2n) is 5.62. The zero-order chi connectivity index (χ0) is 19.1. The summed E-state index contributed by atoms with van der Waals surface area (Å²) in [6, 6.07) is 23.6. The van der Waals surface area contributed by atoms with Gasteiger partial charge in [-0.1, -0.05) is 30.3 Å².